The first-order chi connectivity index (χ1) is 12.7. The quantitative estimate of drug-likeness (QED) is 0.725. The predicted octanol–water partition coefficient (Wildman–Crippen LogP) is 4.34. The van der Waals surface area contributed by atoms with Gasteiger partial charge in [-0.1, -0.05) is 18.2 Å². The van der Waals surface area contributed by atoms with Crippen LogP contribution in [0.4, 0.5) is 5.69 Å². The molecule has 1 aromatic carbocycles. The fourth-order valence-electron chi connectivity index (χ4n) is 3.58. The molecule has 0 aliphatic carbocycles. The maximum absolute atomic E-state index is 12.1. The molecule has 0 saturated carbocycles. The number of hydrogen-bond acceptors (Lipinski definition) is 4. The molecule has 2 heterocycles. The molecular weight excluding hydrogens is 324 g/mol. The van der Waals surface area contributed by atoms with Gasteiger partial charge in [-0.2, -0.15) is 0 Å². The monoisotopic (exact) mass is 352 g/mol. The SMILES string of the molecule is CCOC(=O)c1ccccc1CCc1cc(N2CCCCC2)c(C)cn1. The number of pyridine rings is 1. The number of anilines is 1. The third-order valence-corrected chi connectivity index (χ3v) is 4.99. The average molecular weight is 352 g/mol. The molecule has 0 N–H and O–H groups in total. The second-order valence-corrected chi connectivity index (χ2v) is 6.89. The van der Waals surface area contributed by atoms with Crippen molar-refractivity contribution in [2.45, 2.75) is 46.0 Å². The fraction of sp³-hybridized carbons (Fsp3) is 0.455. The van der Waals surface area contributed by atoms with Gasteiger partial charge in [-0.25, -0.2) is 4.79 Å². The number of esters is 1. The summed E-state index contributed by atoms with van der Waals surface area (Å²) in [5.41, 5.74) is 5.32. The third-order valence-electron chi connectivity index (χ3n) is 4.99. The van der Waals surface area contributed by atoms with E-state index in [9.17, 15) is 4.79 Å². The van der Waals surface area contributed by atoms with Gasteiger partial charge >= 0.3 is 5.97 Å². The number of nitrogens with zero attached hydrogens (tertiary/aromatic N) is 2. The van der Waals surface area contributed by atoms with E-state index in [1.54, 1.807) is 0 Å². The predicted molar refractivity (Wildman–Crippen MR) is 105 cm³/mol. The van der Waals surface area contributed by atoms with Gasteiger partial charge in [-0.15, -0.1) is 0 Å². The van der Waals surface area contributed by atoms with Crippen LogP contribution in [0.1, 0.15) is 53.4 Å². The summed E-state index contributed by atoms with van der Waals surface area (Å²) in [6, 6.07) is 9.93. The molecule has 138 valence electrons. The summed E-state index contributed by atoms with van der Waals surface area (Å²) in [5.74, 6) is -0.242. The number of aromatic nitrogens is 1. The number of benzene rings is 1. The van der Waals surface area contributed by atoms with Crippen LogP contribution in [-0.2, 0) is 17.6 Å². The molecule has 0 amide bonds. The highest BCUT2D eigenvalue weighted by atomic mass is 16.5. The van der Waals surface area contributed by atoms with Crippen molar-refractivity contribution in [2.24, 2.45) is 0 Å². The Balaban J connectivity index is 1.73. The van der Waals surface area contributed by atoms with Crippen molar-refractivity contribution in [2.75, 3.05) is 24.6 Å². The minimum absolute atomic E-state index is 0.242. The molecule has 26 heavy (non-hydrogen) atoms. The van der Waals surface area contributed by atoms with Gasteiger partial charge in [0.15, 0.2) is 0 Å². The first-order valence-electron chi connectivity index (χ1n) is 9.64. The largest absolute Gasteiger partial charge is 0.462 e. The number of aryl methyl sites for hydroxylation is 3. The topological polar surface area (TPSA) is 42.4 Å². The molecule has 0 bridgehead atoms. The highest BCUT2D eigenvalue weighted by Crippen LogP contribution is 2.24. The third kappa shape index (κ3) is 4.43. The zero-order chi connectivity index (χ0) is 18.4. The Labute approximate surface area is 156 Å². The number of rotatable bonds is 6. The molecule has 1 fully saturated rings. The highest BCUT2D eigenvalue weighted by molar-refractivity contribution is 5.91. The number of carbonyl (C=O) groups excluding carboxylic acids is 1. The summed E-state index contributed by atoms with van der Waals surface area (Å²) in [5, 5.41) is 0. The maximum Gasteiger partial charge on any atom is 0.338 e. The number of ether oxygens (including phenoxy) is 1. The van der Waals surface area contributed by atoms with E-state index < -0.39 is 0 Å². The minimum Gasteiger partial charge on any atom is -0.462 e. The standard InChI is InChI=1S/C22H28N2O2/c1-3-26-22(25)20-10-6-5-9-18(20)11-12-19-15-21(17(2)16-23-19)24-13-7-4-8-14-24/h5-6,9-10,15-16H,3-4,7-8,11-14H2,1-2H3. The Hall–Kier alpha value is -2.36. The lowest BCUT2D eigenvalue weighted by molar-refractivity contribution is 0.0525. The van der Waals surface area contributed by atoms with Crippen LogP contribution in [0, 0.1) is 6.92 Å². The van der Waals surface area contributed by atoms with E-state index in [1.807, 2.05) is 37.4 Å². The number of hydrogen-bond donors (Lipinski definition) is 0. The van der Waals surface area contributed by atoms with Gasteiger partial charge in [0.1, 0.15) is 0 Å². The van der Waals surface area contributed by atoms with Gasteiger partial charge in [0.25, 0.3) is 0 Å². The molecule has 0 radical (unpaired) electrons. The van der Waals surface area contributed by atoms with Crippen molar-refractivity contribution < 1.29 is 9.53 Å². The van der Waals surface area contributed by atoms with Crippen molar-refractivity contribution in [1.29, 1.82) is 0 Å². The molecular formula is C22H28N2O2. The Morgan fingerprint density at radius 1 is 1.15 bits per heavy atom. The molecule has 2 aromatic rings. The average Bonchev–Trinajstić information content (AvgIpc) is 2.68. The summed E-state index contributed by atoms with van der Waals surface area (Å²) >= 11 is 0. The lowest BCUT2D eigenvalue weighted by Gasteiger charge is -2.30. The molecule has 0 unspecified atom stereocenters. The Morgan fingerprint density at radius 3 is 2.69 bits per heavy atom. The summed E-state index contributed by atoms with van der Waals surface area (Å²) in [4.78, 5) is 19.2. The van der Waals surface area contributed by atoms with Gasteiger partial charge < -0.3 is 9.64 Å². The second-order valence-electron chi connectivity index (χ2n) is 6.89. The molecule has 0 spiro atoms. The minimum atomic E-state index is -0.242. The highest BCUT2D eigenvalue weighted by Gasteiger charge is 2.15. The molecule has 4 nitrogen and oxygen atoms in total. The Morgan fingerprint density at radius 2 is 1.92 bits per heavy atom. The second kappa shape index (κ2) is 8.84. The molecule has 1 aromatic heterocycles. The summed E-state index contributed by atoms with van der Waals surface area (Å²) in [6.45, 7) is 6.63. The van der Waals surface area contributed by atoms with Crippen molar-refractivity contribution in [1.82, 2.24) is 4.98 Å². The summed E-state index contributed by atoms with van der Waals surface area (Å²) < 4.78 is 5.17. The van der Waals surface area contributed by atoms with Crippen molar-refractivity contribution in [3.63, 3.8) is 0 Å². The maximum atomic E-state index is 12.1. The van der Waals surface area contributed by atoms with Crippen LogP contribution >= 0.6 is 0 Å². The zero-order valence-electron chi connectivity index (χ0n) is 15.8. The van der Waals surface area contributed by atoms with Gasteiger partial charge in [0.05, 0.1) is 12.2 Å². The van der Waals surface area contributed by atoms with E-state index in [0.29, 0.717) is 12.2 Å². The van der Waals surface area contributed by atoms with Crippen molar-refractivity contribution in [3.05, 3.63) is 58.9 Å². The van der Waals surface area contributed by atoms with Crippen molar-refractivity contribution >= 4 is 11.7 Å². The first-order valence-corrected chi connectivity index (χ1v) is 9.64. The first kappa shape index (κ1) is 18.4. The van der Waals surface area contributed by atoms with E-state index in [2.05, 4.69) is 22.9 Å². The van der Waals surface area contributed by atoms with E-state index in [-0.39, 0.29) is 5.97 Å². The van der Waals surface area contributed by atoms with E-state index in [1.165, 1.54) is 30.5 Å². The van der Waals surface area contributed by atoms with E-state index >= 15 is 0 Å². The van der Waals surface area contributed by atoms with Gasteiger partial charge in [0.2, 0.25) is 0 Å². The van der Waals surface area contributed by atoms with Crippen LogP contribution in [0.25, 0.3) is 0 Å². The molecule has 0 atom stereocenters. The number of piperidine rings is 1. The number of carbonyl (C=O) groups is 1. The zero-order valence-corrected chi connectivity index (χ0v) is 15.8. The van der Waals surface area contributed by atoms with E-state index in [4.69, 9.17) is 4.74 Å². The van der Waals surface area contributed by atoms with Gasteiger partial charge in [0, 0.05) is 30.7 Å². The van der Waals surface area contributed by atoms with Crippen molar-refractivity contribution in [3.8, 4) is 0 Å². The van der Waals surface area contributed by atoms with Gasteiger partial charge in [-0.05, 0) is 69.2 Å². The molecule has 1 aliphatic heterocycles. The molecule has 4 heteroatoms. The fourth-order valence-corrected chi connectivity index (χ4v) is 3.58. The van der Waals surface area contributed by atoms with Crippen LogP contribution in [0.2, 0.25) is 0 Å². The van der Waals surface area contributed by atoms with Crippen LogP contribution in [0.5, 0.6) is 0 Å². The normalized spacial score (nSPS) is 14.3. The molecule has 1 aliphatic rings. The summed E-state index contributed by atoms with van der Waals surface area (Å²) in [6.07, 6.45) is 7.45. The van der Waals surface area contributed by atoms with Crippen LogP contribution in [0.15, 0.2) is 36.5 Å². The smallest absolute Gasteiger partial charge is 0.338 e. The Bertz CT molecular complexity index is 752. The van der Waals surface area contributed by atoms with Crippen LogP contribution in [-0.4, -0.2) is 30.6 Å². The van der Waals surface area contributed by atoms with E-state index in [0.717, 1.165) is 37.2 Å². The Kier molecular flexibility index (Phi) is 6.26. The van der Waals surface area contributed by atoms with Gasteiger partial charge in [-0.3, -0.25) is 4.98 Å². The lowest BCUT2D eigenvalue weighted by Crippen LogP contribution is -2.30. The lowest BCUT2D eigenvalue weighted by atomic mass is 10.0. The summed E-state index contributed by atoms with van der Waals surface area (Å²) in [7, 11) is 0. The van der Waals surface area contributed by atoms with Crippen LogP contribution in [0.3, 0.4) is 0 Å². The molecule has 3 rings (SSSR count). The van der Waals surface area contributed by atoms with Crippen LogP contribution < -0.4 is 4.90 Å². The molecule has 1 saturated heterocycles.